The summed E-state index contributed by atoms with van der Waals surface area (Å²) in [7, 11) is 0. The summed E-state index contributed by atoms with van der Waals surface area (Å²) in [5.41, 5.74) is 3.83. The van der Waals surface area contributed by atoms with E-state index in [1.54, 1.807) is 6.07 Å². The summed E-state index contributed by atoms with van der Waals surface area (Å²) in [6.45, 7) is 8.59. The Kier molecular flexibility index (Phi) is 7.82. The molecular weight excluding hydrogens is 407 g/mol. The SMILES string of the molecule is C=O.CCc1ccc(N2CCCC2)c(C(=O)N2CCN(c3ccc(C#N)c(F)c3)CC2)c1. The second-order valence-corrected chi connectivity index (χ2v) is 7.95. The van der Waals surface area contributed by atoms with Crippen LogP contribution < -0.4 is 9.80 Å². The molecule has 2 aromatic carbocycles. The van der Waals surface area contributed by atoms with Crippen molar-refractivity contribution in [1.29, 1.82) is 5.26 Å². The Morgan fingerprint density at radius 2 is 1.69 bits per heavy atom. The van der Waals surface area contributed by atoms with Gasteiger partial charge in [-0.05, 0) is 55.2 Å². The standard InChI is InChI=1S/C24H27FN4O.CH2O/c1-2-18-5-8-23(28-9-3-4-10-28)21(15-18)24(30)29-13-11-27(12-14-29)20-7-6-19(17-26)22(25)16-20;1-2/h5-8,15-16H,2-4,9-14H2,1H3;1H2. The van der Waals surface area contributed by atoms with E-state index in [2.05, 4.69) is 34.9 Å². The van der Waals surface area contributed by atoms with Crippen LogP contribution in [-0.4, -0.2) is 56.9 Å². The van der Waals surface area contributed by atoms with Crippen LogP contribution in [-0.2, 0) is 11.2 Å². The van der Waals surface area contributed by atoms with Crippen molar-refractivity contribution in [3.63, 3.8) is 0 Å². The monoisotopic (exact) mass is 436 g/mol. The first kappa shape index (κ1) is 23.3. The van der Waals surface area contributed by atoms with Gasteiger partial charge in [0.1, 0.15) is 18.7 Å². The molecule has 0 saturated carbocycles. The molecule has 6 nitrogen and oxygen atoms in total. The summed E-state index contributed by atoms with van der Waals surface area (Å²) in [5, 5.41) is 8.91. The second kappa shape index (κ2) is 10.8. The van der Waals surface area contributed by atoms with E-state index in [0.29, 0.717) is 26.2 Å². The van der Waals surface area contributed by atoms with Crippen molar-refractivity contribution < 1.29 is 14.0 Å². The van der Waals surface area contributed by atoms with Crippen molar-refractivity contribution in [3.05, 3.63) is 58.9 Å². The second-order valence-electron chi connectivity index (χ2n) is 7.95. The predicted octanol–water partition coefficient (Wildman–Crippen LogP) is 3.64. The molecule has 0 aliphatic carbocycles. The van der Waals surface area contributed by atoms with Crippen LogP contribution in [0, 0.1) is 17.1 Å². The molecule has 2 heterocycles. The number of carbonyl (C=O) groups excluding carboxylic acids is 2. The maximum absolute atomic E-state index is 14.0. The Balaban J connectivity index is 0.00000141. The van der Waals surface area contributed by atoms with Crippen LogP contribution in [0.15, 0.2) is 36.4 Å². The molecular formula is C25H29FN4O2. The van der Waals surface area contributed by atoms with Crippen LogP contribution >= 0.6 is 0 Å². The Morgan fingerprint density at radius 3 is 2.28 bits per heavy atom. The van der Waals surface area contributed by atoms with Gasteiger partial charge in [-0.2, -0.15) is 5.26 Å². The summed E-state index contributed by atoms with van der Waals surface area (Å²) >= 11 is 0. The lowest BCUT2D eigenvalue weighted by atomic mass is 10.0. The van der Waals surface area contributed by atoms with E-state index in [1.807, 2.05) is 17.8 Å². The van der Waals surface area contributed by atoms with Gasteiger partial charge in [0, 0.05) is 50.6 Å². The van der Waals surface area contributed by atoms with E-state index in [9.17, 15) is 9.18 Å². The molecule has 0 spiro atoms. The summed E-state index contributed by atoms with van der Waals surface area (Å²) < 4.78 is 14.0. The number of halogens is 1. The smallest absolute Gasteiger partial charge is 0.256 e. The van der Waals surface area contributed by atoms with Crippen molar-refractivity contribution in [2.75, 3.05) is 49.1 Å². The van der Waals surface area contributed by atoms with Crippen LogP contribution in [0.2, 0.25) is 0 Å². The molecule has 2 aliphatic rings. The molecule has 0 aromatic heterocycles. The third-order valence-electron chi connectivity index (χ3n) is 6.15. The minimum Gasteiger partial charge on any atom is -0.371 e. The van der Waals surface area contributed by atoms with Gasteiger partial charge in [0.2, 0.25) is 0 Å². The maximum Gasteiger partial charge on any atom is 0.256 e. The lowest BCUT2D eigenvalue weighted by Crippen LogP contribution is -2.49. The number of hydrogen-bond acceptors (Lipinski definition) is 5. The summed E-state index contributed by atoms with van der Waals surface area (Å²) in [4.78, 5) is 27.7. The minimum atomic E-state index is -0.500. The van der Waals surface area contributed by atoms with Crippen molar-refractivity contribution in [2.45, 2.75) is 26.2 Å². The zero-order valence-electron chi connectivity index (χ0n) is 18.5. The quantitative estimate of drug-likeness (QED) is 0.732. The molecule has 0 radical (unpaired) electrons. The molecule has 0 unspecified atom stereocenters. The molecule has 0 bridgehead atoms. The number of aryl methyl sites for hydroxylation is 1. The fraction of sp³-hybridized carbons (Fsp3) is 0.400. The van der Waals surface area contributed by atoms with Crippen molar-refractivity contribution in [2.24, 2.45) is 0 Å². The van der Waals surface area contributed by atoms with Crippen LogP contribution in [0.4, 0.5) is 15.8 Å². The van der Waals surface area contributed by atoms with E-state index < -0.39 is 5.82 Å². The molecule has 32 heavy (non-hydrogen) atoms. The first-order chi connectivity index (χ1) is 15.6. The molecule has 2 saturated heterocycles. The van der Waals surface area contributed by atoms with E-state index in [4.69, 9.17) is 10.1 Å². The third-order valence-corrected chi connectivity index (χ3v) is 6.15. The molecule has 4 rings (SSSR count). The first-order valence-corrected chi connectivity index (χ1v) is 11.0. The van der Waals surface area contributed by atoms with Crippen LogP contribution in [0.25, 0.3) is 0 Å². The van der Waals surface area contributed by atoms with Gasteiger partial charge in [-0.25, -0.2) is 4.39 Å². The Bertz CT molecular complexity index is 990. The van der Waals surface area contributed by atoms with Gasteiger partial charge >= 0.3 is 0 Å². The van der Waals surface area contributed by atoms with Crippen molar-refractivity contribution >= 4 is 24.1 Å². The highest BCUT2D eigenvalue weighted by Crippen LogP contribution is 2.28. The van der Waals surface area contributed by atoms with Gasteiger partial charge < -0.3 is 19.5 Å². The van der Waals surface area contributed by atoms with E-state index in [1.165, 1.54) is 30.5 Å². The number of piperazine rings is 1. The van der Waals surface area contributed by atoms with Gasteiger partial charge in [0.05, 0.1) is 11.1 Å². The number of nitrogens with zero attached hydrogens (tertiary/aromatic N) is 4. The average molecular weight is 437 g/mol. The van der Waals surface area contributed by atoms with Gasteiger partial charge in [0.15, 0.2) is 0 Å². The molecule has 0 atom stereocenters. The normalized spacial score (nSPS) is 15.7. The lowest BCUT2D eigenvalue weighted by molar-refractivity contribution is -0.0980. The highest BCUT2D eigenvalue weighted by atomic mass is 19.1. The first-order valence-electron chi connectivity index (χ1n) is 11.0. The number of nitriles is 1. The molecule has 2 aromatic rings. The van der Waals surface area contributed by atoms with Crippen molar-refractivity contribution in [1.82, 2.24) is 4.90 Å². The zero-order chi connectivity index (χ0) is 23.1. The van der Waals surface area contributed by atoms with Gasteiger partial charge in [-0.1, -0.05) is 13.0 Å². The van der Waals surface area contributed by atoms with E-state index in [0.717, 1.165) is 36.4 Å². The molecule has 1 amide bonds. The summed E-state index contributed by atoms with van der Waals surface area (Å²) in [6.07, 6.45) is 3.24. The summed E-state index contributed by atoms with van der Waals surface area (Å²) in [5.74, 6) is -0.419. The van der Waals surface area contributed by atoms with Crippen LogP contribution in [0.1, 0.15) is 41.3 Å². The van der Waals surface area contributed by atoms with E-state index >= 15 is 0 Å². The van der Waals surface area contributed by atoms with E-state index in [-0.39, 0.29) is 11.5 Å². The largest absolute Gasteiger partial charge is 0.371 e. The highest BCUT2D eigenvalue weighted by molar-refractivity contribution is 6.00. The zero-order valence-corrected chi connectivity index (χ0v) is 18.5. The number of benzene rings is 2. The Morgan fingerprint density at radius 1 is 1.00 bits per heavy atom. The fourth-order valence-electron chi connectivity index (χ4n) is 4.34. The molecule has 2 fully saturated rings. The van der Waals surface area contributed by atoms with Crippen molar-refractivity contribution in [3.8, 4) is 6.07 Å². The number of carbonyl (C=O) groups is 2. The number of amides is 1. The van der Waals surface area contributed by atoms with Crippen LogP contribution in [0.5, 0.6) is 0 Å². The van der Waals surface area contributed by atoms with Gasteiger partial charge in [-0.15, -0.1) is 0 Å². The number of rotatable bonds is 4. The molecule has 2 aliphatic heterocycles. The molecule has 7 heteroatoms. The third kappa shape index (κ3) is 4.91. The maximum atomic E-state index is 14.0. The lowest BCUT2D eigenvalue weighted by Gasteiger charge is -2.37. The minimum absolute atomic E-state index is 0.0535. The average Bonchev–Trinajstić information content (AvgIpc) is 3.39. The number of hydrogen-bond donors (Lipinski definition) is 0. The van der Waals surface area contributed by atoms with Gasteiger partial charge in [-0.3, -0.25) is 4.79 Å². The molecule has 0 N–H and O–H groups in total. The van der Waals surface area contributed by atoms with Gasteiger partial charge in [0.25, 0.3) is 5.91 Å². The topological polar surface area (TPSA) is 67.7 Å². The molecule has 168 valence electrons. The fourth-order valence-corrected chi connectivity index (χ4v) is 4.34. The highest BCUT2D eigenvalue weighted by Gasteiger charge is 2.27. The number of anilines is 2. The summed E-state index contributed by atoms with van der Waals surface area (Å²) in [6, 6.07) is 12.8. The Hall–Kier alpha value is -3.40. The predicted molar refractivity (Wildman–Crippen MR) is 124 cm³/mol. The van der Waals surface area contributed by atoms with Crippen LogP contribution in [0.3, 0.4) is 0 Å². The Labute approximate surface area is 188 Å².